The first-order valence-corrected chi connectivity index (χ1v) is 9.74. The Kier molecular flexibility index (Phi) is 3.67. The van der Waals surface area contributed by atoms with Gasteiger partial charge in [0, 0.05) is 25.0 Å². The molecule has 5 heteroatoms. The van der Waals surface area contributed by atoms with Gasteiger partial charge in [-0.3, -0.25) is 0 Å². The van der Waals surface area contributed by atoms with E-state index in [2.05, 4.69) is 5.32 Å². The normalized spacial score (nSPS) is 26.1. The van der Waals surface area contributed by atoms with Crippen LogP contribution in [-0.2, 0) is 10.0 Å². The molecular formula is C18H22N2O2S. The molecule has 1 atom stereocenters. The van der Waals surface area contributed by atoms with E-state index >= 15 is 0 Å². The van der Waals surface area contributed by atoms with Crippen LogP contribution in [0, 0.1) is 5.41 Å². The second-order valence-electron chi connectivity index (χ2n) is 6.85. The van der Waals surface area contributed by atoms with Crippen molar-refractivity contribution in [2.75, 3.05) is 26.2 Å². The maximum absolute atomic E-state index is 13.2. The maximum atomic E-state index is 13.2. The minimum Gasteiger partial charge on any atom is -0.316 e. The summed E-state index contributed by atoms with van der Waals surface area (Å²) in [7, 11) is -3.44. The molecule has 1 N–H and O–H groups in total. The van der Waals surface area contributed by atoms with Crippen LogP contribution >= 0.6 is 0 Å². The number of benzene rings is 2. The summed E-state index contributed by atoms with van der Waals surface area (Å²) in [5.41, 5.74) is 0.135. The lowest BCUT2D eigenvalue weighted by Crippen LogP contribution is -2.42. The number of rotatable bonds is 2. The molecule has 1 unspecified atom stereocenters. The quantitative estimate of drug-likeness (QED) is 0.921. The Morgan fingerprint density at radius 2 is 1.87 bits per heavy atom. The molecular weight excluding hydrogens is 308 g/mol. The number of hydrogen-bond donors (Lipinski definition) is 1. The van der Waals surface area contributed by atoms with Crippen molar-refractivity contribution in [3.63, 3.8) is 0 Å². The molecule has 4 nitrogen and oxygen atoms in total. The van der Waals surface area contributed by atoms with E-state index in [0.29, 0.717) is 18.0 Å². The van der Waals surface area contributed by atoms with Crippen molar-refractivity contribution in [1.29, 1.82) is 0 Å². The van der Waals surface area contributed by atoms with Gasteiger partial charge in [0.15, 0.2) is 0 Å². The van der Waals surface area contributed by atoms with Crippen molar-refractivity contribution < 1.29 is 8.42 Å². The van der Waals surface area contributed by atoms with Gasteiger partial charge >= 0.3 is 0 Å². The topological polar surface area (TPSA) is 49.4 Å². The van der Waals surface area contributed by atoms with E-state index in [-0.39, 0.29) is 5.41 Å². The first-order valence-electron chi connectivity index (χ1n) is 8.30. The molecule has 0 aromatic heterocycles. The monoisotopic (exact) mass is 330 g/mol. The van der Waals surface area contributed by atoms with E-state index in [1.54, 1.807) is 10.4 Å². The fourth-order valence-corrected chi connectivity index (χ4v) is 5.81. The highest BCUT2D eigenvalue weighted by Crippen LogP contribution is 2.39. The molecule has 0 amide bonds. The molecule has 0 bridgehead atoms. The molecule has 2 aromatic rings. The first-order chi connectivity index (χ1) is 11.1. The Morgan fingerprint density at radius 3 is 2.70 bits per heavy atom. The third kappa shape index (κ3) is 2.57. The van der Waals surface area contributed by atoms with Gasteiger partial charge in [0.05, 0.1) is 4.90 Å². The number of hydrogen-bond acceptors (Lipinski definition) is 3. The zero-order valence-corrected chi connectivity index (χ0v) is 14.0. The minimum absolute atomic E-state index is 0.135. The Labute approximate surface area is 137 Å². The molecule has 2 fully saturated rings. The summed E-state index contributed by atoms with van der Waals surface area (Å²) in [4.78, 5) is 0.441. The van der Waals surface area contributed by atoms with Gasteiger partial charge in [-0.15, -0.1) is 0 Å². The summed E-state index contributed by atoms with van der Waals surface area (Å²) < 4.78 is 28.1. The Morgan fingerprint density at radius 1 is 1.04 bits per heavy atom. The summed E-state index contributed by atoms with van der Waals surface area (Å²) in [5, 5.41) is 5.23. The summed E-state index contributed by atoms with van der Waals surface area (Å²) in [5.74, 6) is 0. The van der Waals surface area contributed by atoms with Gasteiger partial charge in [-0.1, -0.05) is 36.4 Å². The number of piperidine rings is 1. The molecule has 2 aliphatic rings. The van der Waals surface area contributed by atoms with Crippen LogP contribution in [0.5, 0.6) is 0 Å². The molecule has 2 aliphatic heterocycles. The highest BCUT2D eigenvalue weighted by Gasteiger charge is 2.43. The SMILES string of the molecule is O=S(=O)(c1cccc2ccccc12)N1CCC2(CCCNC2)C1. The minimum atomic E-state index is -3.44. The van der Waals surface area contributed by atoms with Crippen LogP contribution in [0.15, 0.2) is 47.4 Å². The van der Waals surface area contributed by atoms with Gasteiger partial charge in [0.25, 0.3) is 0 Å². The van der Waals surface area contributed by atoms with Gasteiger partial charge in [0.1, 0.15) is 0 Å². The summed E-state index contributed by atoms with van der Waals surface area (Å²) in [6, 6.07) is 13.2. The van der Waals surface area contributed by atoms with E-state index in [1.807, 2.05) is 36.4 Å². The van der Waals surface area contributed by atoms with Gasteiger partial charge in [0.2, 0.25) is 10.0 Å². The predicted octanol–water partition coefficient (Wildman–Crippen LogP) is 2.60. The average Bonchev–Trinajstić information content (AvgIpc) is 2.99. The zero-order chi connectivity index (χ0) is 15.9. The van der Waals surface area contributed by atoms with E-state index in [4.69, 9.17) is 0 Å². The summed E-state index contributed by atoms with van der Waals surface area (Å²) >= 11 is 0. The van der Waals surface area contributed by atoms with Crippen LogP contribution in [-0.4, -0.2) is 38.9 Å². The third-order valence-electron chi connectivity index (χ3n) is 5.33. The van der Waals surface area contributed by atoms with Crippen molar-refractivity contribution in [3.8, 4) is 0 Å². The van der Waals surface area contributed by atoms with Gasteiger partial charge < -0.3 is 5.32 Å². The van der Waals surface area contributed by atoms with Crippen LogP contribution in [0.4, 0.5) is 0 Å². The zero-order valence-electron chi connectivity index (χ0n) is 13.2. The molecule has 4 rings (SSSR count). The first kappa shape index (κ1) is 15.1. The molecule has 23 heavy (non-hydrogen) atoms. The van der Waals surface area contributed by atoms with Crippen molar-refractivity contribution in [2.45, 2.75) is 24.2 Å². The fourth-order valence-electron chi connectivity index (χ4n) is 4.04. The maximum Gasteiger partial charge on any atom is 0.243 e. The molecule has 0 saturated carbocycles. The highest BCUT2D eigenvalue weighted by atomic mass is 32.2. The number of sulfonamides is 1. The third-order valence-corrected chi connectivity index (χ3v) is 7.23. The van der Waals surface area contributed by atoms with Crippen LogP contribution < -0.4 is 5.32 Å². The lowest BCUT2D eigenvalue weighted by Gasteiger charge is -2.33. The van der Waals surface area contributed by atoms with E-state index in [9.17, 15) is 8.42 Å². The standard InChI is InChI=1S/C18H22N2O2S/c21-23(22,17-8-3-6-15-5-1-2-7-16(15)17)20-12-10-18(14-20)9-4-11-19-13-18/h1-3,5-8,19H,4,9-14H2. The van der Waals surface area contributed by atoms with Crippen molar-refractivity contribution >= 4 is 20.8 Å². The number of fused-ring (bicyclic) bond motifs is 1. The van der Waals surface area contributed by atoms with E-state index in [1.165, 1.54) is 0 Å². The number of nitrogens with one attached hydrogen (secondary N) is 1. The molecule has 0 radical (unpaired) electrons. The summed E-state index contributed by atoms with van der Waals surface area (Å²) in [6.45, 7) is 3.27. The molecule has 2 heterocycles. The van der Waals surface area contributed by atoms with Crippen LogP contribution in [0.2, 0.25) is 0 Å². The van der Waals surface area contributed by atoms with E-state index < -0.39 is 10.0 Å². The van der Waals surface area contributed by atoms with Crippen molar-refractivity contribution in [3.05, 3.63) is 42.5 Å². The van der Waals surface area contributed by atoms with Gasteiger partial charge in [-0.2, -0.15) is 4.31 Å². The highest BCUT2D eigenvalue weighted by molar-refractivity contribution is 7.89. The predicted molar refractivity (Wildman–Crippen MR) is 91.9 cm³/mol. The largest absolute Gasteiger partial charge is 0.316 e. The molecule has 0 aliphatic carbocycles. The lowest BCUT2D eigenvalue weighted by molar-refractivity contribution is 0.225. The van der Waals surface area contributed by atoms with Gasteiger partial charge in [-0.25, -0.2) is 8.42 Å². The molecule has 2 saturated heterocycles. The molecule has 1 spiro atoms. The van der Waals surface area contributed by atoms with Crippen molar-refractivity contribution in [2.24, 2.45) is 5.41 Å². The summed E-state index contributed by atoms with van der Waals surface area (Å²) in [6.07, 6.45) is 3.23. The van der Waals surface area contributed by atoms with Crippen molar-refractivity contribution in [1.82, 2.24) is 9.62 Å². The number of nitrogens with zero attached hydrogens (tertiary/aromatic N) is 1. The Bertz CT molecular complexity index is 821. The van der Waals surface area contributed by atoms with Crippen LogP contribution in [0.1, 0.15) is 19.3 Å². The molecule has 2 aromatic carbocycles. The molecule has 122 valence electrons. The Balaban J connectivity index is 1.70. The fraction of sp³-hybridized carbons (Fsp3) is 0.444. The Hall–Kier alpha value is -1.43. The lowest BCUT2D eigenvalue weighted by atomic mass is 9.80. The van der Waals surface area contributed by atoms with Crippen LogP contribution in [0.25, 0.3) is 10.8 Å². The van der Waals surface area contributed by atoms with Gasteiger partial charge in [-0.05, 0) is 42.7 Å². The second-order valence-corrected chi connectivity index (χ2v) is 8.75. The van der Waals surface area contributed by atoms with E-state index in [0.717, 1.165) is 43.1 Å². The average molecular weight is 330 g/mol. The van der Waals surface area contributed by atoms with Crippen LogP contribution in [0.3, 0.4) is 0 Å². The second kappa shape index (κ2) is 5.58. The smallest absolute Gasteiger partial charge is 0.243 e.